The van der Waals surface area contributed by atoms with E-state index in [9.17, 15) is 4.79 Å². The van der Waals surface area contributed by atoms with E-state index in [0.717, 1.165) is 37.2 Å². The predicted octanol–water partition coefficient (Wildman–Crippen LogP) is 2.95. The second-order valence-electron chi connectivity index (χ2n) is 4.34. The molecule has 0 amide bonds. The summed E-state index contributed by atoms with van der Waals surface area (Å²) in [5.74, 6) is 1.59. The fourth-order valence-electron chi connectivity index (χ4n) is 2.30. The van der Waals surface area contributed by atoms with Gasteiger partial charge in [-0.05, 0) is 44.7 Å². The molecule has 1 fully saturated rings. The Labute approximate surface area is 89.1 Å². The Balaban J connectivity index is 1.96. The second-order valence-corrected chi connectivity index (χ2v) is 4.34. The van der Waals surface area contributed by atoms with Crippen LogP contribution in [-0.4, -0.2) is 11.1 Å². The maximum Gasteiger partial charge on any atom is 0.306 e. The lowest BCUT2D eigenvalue weighted by Crippen LogP contribution is -2.20. The van der Waals surface area contributed by atoms with Crippen molar-refractivity contribution in [2.75, 3.05) is 0 Å². The average Bonchev–Trinajstić information content (AvgIpc) is 2.65. The van der Waals surface area contributed by atoms with Gasteiger partial charge in [0.1, 0.15) is 11.5 Å². The van der Waals surface area contributed by atoms with Crippen LogP contribution in [0.5, 0.6) is 0 Å². The first kappa shape index (κ1) is 10.3. The van der Waals surface area contributed by atoms with Gasteiger partial charge in [0, 0.05) is 5.92 Å². The molecular weight excluding hydrogens is 192 g/mol. The van der Waals surface area contributed by atoms with E-state index in [1.165, 1.54) is 0 Å². The van der Waals surface area contributed by atoms with Crippen LogP contribution in [0.3, 0.4) is 0 Å². The zero-order valence-corrected chi connectivity index (χ0v) is 8.90. The molecule has 1 N–H and O–H groups in total. The number of aryl methyl sites for hydroxylation is 1. The minimum Gasteiger partial charge on any atom is -0.481 e. The highest BCUT2D eigenvalue weighted by Gasteiger charge is 2.27. The summed E-state index contributed by atoms with van der Waals surface area (Å²) in [6, 6.07) is 3.99. The number of hydrogen-bond donors (Lipinski definition) is 1. The average molecular weight is 208 g/mol. The van der Waals surface area contributed by atoms with Crippen LogP contribution in [0.4, 0.5) is 0 Å². The smallest absolute Gasteiger partial charge is 0.306 e. The third kappa shape index (κ3) is 2.22. The third-order valence-corrected chi connectivity index (χ3v) is 3.24. The van der Waals surface area contributed by atoms with E-state index in [1.54, 1.807) is 0 Å². The molecule has 0 atom stereocenters. The van der Waals surface area contributed by atoms with Crippen LogP contribution in [0.25, 0.3) is 0 Å². The number of furan rings is 1. The molecular formula is C12H16O3. The molecule has 1 saturated carbocycles. The zero-order chi connectivity index (χ0) is 10.8. The van der Waals surface area contributed by atoms with Crippen molar-refractivity contribution in [2.24, 2.45) is 5.92 Å². The molecule has 3 heteroatoms. The van der Waals surface area contributed by atoms with Gasteiger partial charge < -0.3 is 9.52 Å². The fraction of sp³-hybridized carbons (Fsp3) is 0.583. The van der Waals surface area contributed by atoms with E-state index in [1.807, 2.05) is 19.1 Å². The summed E-state index contributed by atoms with van der Waals surface area (Å²) in [6.45, 7) is 1.94. The van der Waals surface area contributed by atoms with Crippen molar-refractivity contribution in [1.29, 1.82) is 0 Å². The van der Waals surface area contributed by atoms with Crippen LogP contribution in [0.1, 0.15) is 43.1 Å². The zero-order valence-electron chi connectivity index (χ0n) is 8.90. The van der Waals surface area contributed by atoms with Gasteiger partial charge in [0.25, 0.3) is 0 Å². The van der Waals surface area contributed by atoms with Gasteiger partial charge in [-0.25, -0.2) is 0 Å². The largest absolute Gasteiger partial charge is 0.481 e. The molecule has 1 heterocycles. The van der Waals surface area contributed by atoms with Crippen molar-refractivity contribution in [3.63, 3.8) is 0 Å². The van der Waals surface area contributed by atoms with Crippen LogP contribution < -0.4 is 0 Å². The number of hydrogen-bond acceptors (Lipinski definition) is 2. The summed E-state index contributed by atoms with van der Waals surface area (Å²) in [5.41, 5.74) is 0. The molecule has 82 valence electrons. The van der Waals surface area contributed by atoms with Crippen molar-refractivity contribution >= 4 is 5.97 Å². The number of aliphatic carboxylic acids is 1. The third-order valence-electron chi connectivity index (χ3n) is 3.24. The first-order valence-electron chi connectivity index (χ1n) is 5.46. The number of rotatable bonds is 2. The Morgan fingerprint density at radius 1 is 1.33 bits per heavy atom. The van der Waals surface area contributed by atoms with Crippen molar-refractivity contribution in [2.45, 2.75) is 38.5 Å². The molecule has 15 heavy (non-hydrogen) atoms. The first-order chi connectivity index (χ1) is 7.16. The summed E-state index contributed by atoms with van der Waals surface area (Å²) in [7, 11) is 0. The monoisotopic (exact) mass is 208 g/mol. The fourth-order valence-corrected chi connectivity index (χ4v) is 2.30. The number of carboxylic acids is 1. The van der Waals surface area contributed by atoms with E-state index in [0.29, 0.717) is 5.92 Å². The molecule has 1 aliphatic rings. The van der Waals surface area contributed by atoms with Gasteiger partial charge in [-0.1, -0.05) is 0 Å². The van der Waals surface area contributed by atoms with Gasteiger partial charge in [0.05, 0.1) is 5.92 Å². The van der Waals surface area contributed by atoms with Gasteiger partial charge in [-0.3, -0.25) is 4.79 Å². The van der Waals surface area contributed by atoms with Crippen molar-refractivity contribution < 1.29 is 14.3 Å². The SMILES string of the molecule is Cc1ccc(C2CCC(C(=O)O)CC2)o1. The van der Waals surface area contributed by atoms with Crippen LogP contribution in [0.15, 0.2) is 16.5 Å². The Morgan fingerprint density at radius 3 is 2.47 bits per heavy atom. The van der Waals surface area contributed by atoms with Gasteiger partial charge in [-0.15, -0.1) is 0 Å². The van der Waals surface area contributed by atoms with E-state index >= 15 is 0 Å². The van der Waals surface area contributed by atoms with E-state index < -0.39 is 5.97 Å². The topological polar surface area (TPSA) is 50.4 Å². The Hall–Kier alpha value is -1.25. The molecule has 1 aromatic rings. The summed E-state index contributed by atoms with van der Waals surface area (Å²) in [5, 5.41) is 8.88. The van der Waals surface area contributed by atoms with E-state index in [-0.39, 0.29) is 5.92 Å². The maximum atomic E-state index is 10.8. The van der Waals surface area contributed by atoms with Gasteiger partial charge in [0.2, 0.25) is 0 Å². The van der Waals surface area contributed by atoms with Crippen molar-refractivity contribution in [3.8, 4) is 0 Å². The molecule has 0 bridgehead atoms. The Bertz CT molecular complexity index is 346. The molecule has 1 aromatic heterocycles. The molecule has 0 aromatic carbocycles. The number of carbonyl (C=O) groups is 1. The molecule has 0 spiro atoms. The van der Waals surface area contributed by atoms with Gasteiger partial charge >= 0.3 is 5.97 Å². The molecule has 0 saturated heterocycles. The summed E-state index contributed by atoms with van der Waals surface area (Å²) in [4.78, 5) is 10.8. The lowest BCUT2D eigenvalue weighted by atomic mass is 9.81. The van der Waals surface area contributed by atoms with Crippen LogP contribution >= 0.6 is 0 Å². The lowest BCUT2D eigenvalue weighted by Gasteiger charge is -2.24. The molecule has 0 aliphatic heterocycles. The minimum absolute atomic E-state index is 0.141. The van der Waals surface area contributed by atoms with Crippen LogP contribution in [-0.2, 0) is 4.79 Å². The molecule has 3 nitrogen and oxygen atoms in total. The lowest BCUT2D eigenvalue weighted by molar-refractivity contribution is -0.142. The highest BCUT2D eigenvalue weighted by atomic mass is 16.4. The molecule has 2 rings (SSSR count). The molecule has 0 unspecified atom stereocenters. The minimum atomic E-state index is -0.649. The Morgan fingerprint density at radius 2 is 2.00 bits per heavy atom. The maximum absolute atomic E-state index is 10.8. The highest BCUT2D eigenvalue weighted by Crippen LogP contribution is 2.36. The number of carboxylic acid groups (broad SMARTS) is 1. The molecule has 1 aliphatic carbocycles. The van der Waals surface area contributed by atoms with Crippen molar-refractivity contribution in [3.05, 3.63) is 23.7 Å². The first-order valence-corrected chi connectivity index (χ1v) is 5.46. The van der Waals surface area contributed by atoms with E-state index in [2.05, 4.69) is 0 Å². The molecule has 0 radical (unpaired) electrons. The highest BCUT2D eigenvalue weighted by molar-refractivity contribution is 5.70. The summed E-state index contributed by atoms with van der Waals surface area (Å²) < 4.78 is 5.57. The van der Waals surface area contributed by atoms with Crippen LogP contribution in [0.2, 0.25) is 0 Å². The van der Waals surface area contributed by atoms with E-state index in [4.69, 9.17) is 9.52 Å². The normalized spacial score (nSPS) is 26.5. The summed E-state index contributed by atoms with van der Waals surface area (Å²) >= 11 is 0. The van der Waals surface area contributed by atoms with Gasteiger partial charge in [0.15, 0.2) is 0 Å². The van der Waals surface area contributed by atoms with Gasteiger partial charge in [-0.2, -0.15) is 0 Å². The summed E-state index contributed by atoms with van der Waals surface area (Å²) in [6.07, 6.45) is 3.42. The predicted molar refractivity (Wildman–Crippen MR) is 55.8 cm³/mol. The standard InChI is InChI=1S/C12H16O3/c1-8-2-7-11(15-8)9-3-5-10(6-4-9)12(13)14/h2,7,9-10H,3-6H2,1H3,(H,13,14). The van der Waals surface area contributed by atoms with Crippen LogP contribution in [0, 0.1) is 12.8 Å². The second kappa shape index (κ2) is 4.09. The van der Waals surface area contributed by atoms with Crippen molar-refractivity contribution in [1.82, 2.24) is 0 Å². The quantitative estimate of drug-likeness (QED) is 0.812. The Kier molecular flexibility index (Phi) is 2.80.